The van der Waals surface area contributed by atoms with Crippen molar-refractivity contribution in [2.75, 3.05) is 24.7 Å². The van der Waals surface area contributed by atoms with Crippen LogP contribution in [0.25, 0.3) is 10.4 Å². The number of hydrogen-bond donors (Lipinski definition) is 1. The molecule has 2 N–H and O–H groups in total. The highest BCUT2D eigenvalue weighted by atomic mass is 32.1. The maximum Gasteiger partial charge on any atom is 0.348 e. The number of hydrogen-bond acceptors (Lipinski definition) is 9. The van der Waals surface area contributed by atoms with Gasteiger partial charge in [0.15, 0.2) is 12.4 Å². The van der Waals surface area contributed by atoms with E-state index in [1.54, 1.807) is 19.0 Å². The first-order chi connectivity index (χ1) is 13.0. The highest BCUT2D eigenvalue weighted by Gasteiger charge is 2.23. The zero-order valence-corrected chi connectivity index (χ0v) is 15.6. The van der Waals surface area contributed by atoms with Crippen LogP contribution in [-0.4, -0.2) is 35.0 Å². The first-order valence-corrected chi connectivity index (χ1v) is 9.02. The van der Waals surface area contributed by atoms with Gasteiger partial charge in [-0.15, -0.1) is 11.3 Å². The molecule has 1 aliphatic heterocycles. The molecule has 138 valence electrons. The molecule has 3 aromatic rings. The summed E-state index contributed by atoms with van der Waals surface area (Å²) in [6.07, 6.45) is 0. The number of rotatable bonds is 4. The number of carbonyl (C=O) groups is 1. The van der Waals surface area contributed by atoms with Crippen molar-refractivity contribution in [2.45, 2.75) is 13.2 Å². The normalized spacial score (nSPS) is 11.9. The molecule has 1 aromatic carbocycles. The van der Waals surface area contributed by atoms with E-state index in [9.17, 15) is 4.79 Å². The number of nitrogens with two attached hydrogens (primary N) is 1. The highest BCUT2D eigenvalue weighted by Crippen LogP contribution is 2.42. The Bertz CT molecular complexity index is 1020. The average Bonchev–Trinajstić information content (AvgIpc) is 3.10. The highest BCUT2D eigenvalue weighted by molar-refractivity contribution is 7.17. The molecule has 0 saturated carbocycles. The number of aromatic nitrogens is 3. The second kappa shape index (κ2) is 6.84. The fourth-order valence-electron chi connectivity index (χ4n) is 2.69. The molecule has 9 heteroatoms. The third-order valence-corrected chi connectivity index (χ3v) is 5.14. The average molecular weight is 383 g/mol. The van der Waals surface area contributed by atoms with Gasteiger partial charge in [-0.2, -0.15) is 15.0 Å². The van der Waals surface area contributed by atoms with Gasteiger partial charge in [0, 0.05) is 30.1 Å². The molecule has 4 rings (SSSR count). The number of nitrogens with zero attached hydrogens (tertiary/aromatic N) is 4. The lowest BCUT2D eigenvalue weighted by atomic mass is 10.1. The van der Waals surface area contributed by atoms with E-state index < -0.39 is 5.97 Å². The van der Waals surface area contributed by atoms with Gasteiger partial charge in [-0.1, -0.05) is 12.1 Å². The molecule has 1 aliphatic rings. The SMILES string of the molecule is CN(C)c1nc(N)nc(COC(=O)c2cc3c(s2)-c2ccccc2OC3)n1. The maximum absolute atomic E-state index is 12.5. The number of carbonyl (C=O) groups excluding carboxylic acids is 1. The van der Waals surface area contributed by atoms with E-state index in [4.69, 9.17) is 15.2 Å². The third kappa shape index (κ3) is 3.41. The molecule has 0 spiro atoms. The van der Waals surface area contributed by atoms with Crippen molar-refractivity contribution in [3.05, 3.63) is 46.6 Å². The Kier molecular flexibility index (Phi) is 4.36. The standard InChI is InChI=1S/C18H17N5O3S/c1-23(2)18-21-14(20-17(19)22-18)9-26-16(24)13-7-10-8-25-12-6-4-3-5-11(12)15(10)27-13/h3-7H,8-9H2,1-2H3,(H2,19,20,21,22). The minimum atomic E-state index is -0.433. The van der Waals surface area contributed by atoms with Crippen LogP contribution >= 0.6 is 11.3 Å². The molecule has 8 nitrogen and oxygen atoms in total. The van der Waals surface area contributed by atoms with Crippen molar-refractivity contribution >= 4 is 29.2 Å². The minimum absolute atomic E-state index is 0.0813. The lowest BCUT2D eigenvalue weighted by Gasteiger charge is -2.16. The molecule has 27 heavy (non-hydrogen) atoms. The molecule has 0 atom stereocenters. The maximum atomic E-state index is 12.5. The number of benzene rings is 1. The smallest absolute Gasteiger partial charge is 0.348 e. The Morgan fingerprint density at radius 2 is 2.11 bits per heavy atom. The Hall–Kier alpha value is -3.20. The van der Waals surface area contributed by atoms with Crippen molar-refractivity contribution in [2.24, 2.45) is 0 Å². The van der Waals surface area contributed by atoms with Crippen LogP contribution < -0.4 is 15.4 Å². The number of thiophene rings is 1. The van der Waals surface area contributed by atoms with Crippen molar-refractivity contribution < 1.29 is 14.3 Å². The van der Waals surface area contributed by atoms with Crippen LogP contribution in [0.4, 0.5) is 11.9 Å². The molecule has 0 bridgehead atoms. The van der Waals surface area contributed by atoms with Gasteiger partial charge in [-0.05, 0) is 18.2 Å². The second-order valence-electron chi connectivity index (χ2n) is 6.13. The van der Waals surface area contributed by atoms with E-state index in [0.717, 1.165) is 21.8 Å². The van der Waals surface area contributed by atoms with Crippen LogP contribution in [-0.2, 0) is 18.0 Å². The summed E-state index contributed by atoms with van der Waals surface area (Å²) in [6, 6.07) is 9.58. The number of para-hydroxylation sites is 1. The van der Waals surface area contributed by atoms with Gasteiger partial charge in [0.25, 0.3) is 0 Å². The zero-order valence-electron chi connectivity index (χ0n) is 14.8. The van der Waals surface area contributed by atoms with Gasteiger partial charge in [0.05, 0.1) is 0 Å². The summed E-state index contributed by atoms with van der Waals surface area (Å²) in [6.45, 7) is 0.356. The zero-order chi connectivity index (χ0) is 19.0. The summed E-state index contributed by atoms with van der Waals surface area (Å²) in [7, 11) is 3.58. The van der Waals surface area contributed by atoms with E-state index >= 15 is 0 Å². The predicted molar refractivity (Wildman–Crippen MR) is 102 cm³/mol. The van der Waals surface area contributed by atoms with Crippen LogP contribution in [0.5, 0.6) is 5.75 Å². The first-order valence-electron chi connectivity index (χ1n) is 8.21. The molecule has 2 aromatic heterocycles. The van der Waals surface area contributed by atoms with Crippen molar-refractivity contribution in [3.63, 3.8) is 0 Å². The fraction of sp³-hybridized carbons (Fsp3) is 0.222. The van der Waals surface area contributed by atoms with E-state index in [1.165, 1.54) is 11.3 Å². The largest absolute Gasteiger partial charge is 0.488 e. The Morgan fingerprint density at radius 3 is 2.93 bits per heavy atom. The van der Waals surface area contributed by atoms with Crippen LogP contribution in [0, 0.1) is 0 Å². The van der Waals surface area contributed by atoms with Gasteiger partial charge in [0.2, 0.25) is 11.9 Å². The van der Waals surface area contributed by atoms with Crippen molar-refractivity contribution in [1.29, 1.82) is 0 Å². The molecular formula is C18H17N5O3S. The molecule has 0 amide bonds. The van der Waals surface area contributed by atoms with Gasteiger partial charge in [0.1, 0.15) is 17.2 Å². The summed E-state index contributed by atoms with van der Waals surface area (Å²) in [5, 5.41) is 0. The fourth-order valence-corrected chi connectivity index (χ4v) is 3.78. The number of nitrogen functional groups attached to an aromatic ring is 1. The summed E-state index contributed by atoms with van der Waals surface area (Å²) in [5.74, 6) is 1.18. The molecule has 0 saturated heterocycles. The van der Waals surface area contributed by atoms with Crippen LogP contribution in [0.3, 0.4) is 0 Å². The Labute approximate surface area is 159 Å². The molecule has 0 radical (unpaired) electrons. The number of fused-ring (bicyclic) bond motifs is 3. The Morgan fingerprint density at radius 1 is 1.30 bits per heavy atom. The van der Waals surface area contributed by atoms with Crippen LogP contribution in [0.2, 0.25) is 0 Å². The predicted octanol–water partition coefficient (Wildman–Crippen LogP) is 2.50. The lowest BCUT2D eigenvalue weighted by Crippen LogP contribution is -2.17. The topological polar surface area (TPSA) is 103 Å². The van der Waals surface area contributed by atoms with E-state index in [2.05, 4.69) is 15.0 Å². The number of ether oxygens (including phenoxy) is 2. The number of anilines is 2. The van der Waals surface area contributed by atoms with Gasteiger partial charge in [-0.3, -0.25) is 0 Å². The van der Waals surface area contributed by atoms with Crippen LogP contribution in [0.15, 0.2) is 30.3 Å². The quantitative estimate of drug-likeness (QED) is 0.686. The monoisotopic (exact) mass is 383 g/mol. The van der Waals surface area contributed by atoms with Crippen molar-refractivity contribution in [3.8, 4) is 16.2 Å². The van der Waals surface area contributed by atoms with Gasteiger partial charge in [-0.25, -0.2) is 4.79 Å². The van der Waals surface area contributed by atoms with Crippen LogP contribution in [0.1, 0.15) is 21.1 Å². The molecule has 0 aliphatic carbocycles. The third-order valence-electron chi connectivity index (χ3n) is 3.94. The molecule has 3 heterocycles. The minimum Gasteiger partial charge on any atom is -0.488 e. The van der Waals surface area contributed by atoms with Gasteiger partial charge < -0.3 is 20.1 Å². The Balaban J connectivity index is 1.52. The van der Waals surface area contributed by atoms with E-state index in [1.807, 2.05) is 30.3 Å². The number of esters is 1. The van der Waals surface area contributed by atoms with Gasteiger partial charge >= 0.3 is 5.97 Å². The summed E-state index contributed by atoms with van der Waals surface area (Å²) >= 11 is 1.39. The molecular weight excluding hydrogens is 366 g/mol. The summed E-state index contributed by atoms with van der Waals surface area (Å²) in [4.78, 5) is 28.0. The van der Waals surface area contributed by atoms with E-state index in [-0.39, 0.29) is 12.6 Å². The lowest BCUT2D eigenvalue weighted by molar-refractivity contribution is 0.0468. The summed E-state index contributed by atoms with van der Waals surface area (Å²) in [5.41, 5.74) is 7.65. The second-order valence-corrected chi connectivity index (χ2v) is 7.18. The van der Waals surface area contributed by atoms with E-state index in [0.29, 0.717) is 23.3 Å². The molecule has 0 fully saturated rings. The molecule has 0 unspecified atom stereocenters. The summed E-state index contributed by atoms with van der Waals surface area (Å²) < 4.78 is 11.1. The first kappa shape index (κ1) is 17.2. The van der Waals surface area contributed by atoms with Crippen molar-refractivity contribution in [1.82, 2.24) is 15.0 Å².